The Labute approximate surface area is 127 Å². The summed E-state index contributed by atoms with van der Waals surface area (Å²) in [4.78, 5) is 13.0. The molecule has 1 saturated carbocycles. The van der Waals surface area contributed by atoms with Crippen LogP contribution in [0.15, 0.2) is 24.3 Å². The molecule has 0 heterocycles. The van der Waals surface area contributed by atoms with Crippen LogP contribution < -0.4 is 4.74 Å². The van der Waals surface area contributed by atoms with Gasteiger partial charge in [-0.3, -0.25) is 4.79 Å². The van der Waals surface area contributed by atoms with Gasteiger partial charge in [-0.25, -0.2) is 0 Å². The molecular weight excluding hydrogens is 264 g/mol. The van der Waals surface area contributed by atoms with Gasteiger partial charge in [0.25, 0.3) is 0 Å². The summed E-state index contributed by atoms with van der Waals surface area (Å²) < 4.78 is 11.4. The van der Waals surface area contributed by atoms with E-state index in [2.05, 4.69) is 13.8 Å². The first kappa shape index (κ1) is 16.0. The van der Waals surface area contributed by atoms with Crippen LogP contribution in [0.1, 0.15) is 56.3 Å². The zero-order valence-corrected chi connectivity index (χ0v) is 13.4. The first-order valence-corrected chi connectivity index (χ1v) is 7.94. The van der Waals surface area contributed by atoms with Crippen LogP contribution in [0.2, 0.25) is 0 Å². The Kier molecular flexibility index (Phi) is 5.40. The normalized spacial score (nSPS) is 25.6. The summed E-state index contributed by atoms with van der Waals surface area (Å²) in [5, 5.41) is 0. The molecule has 0 amide bonds. The lowest BCUT2D eigenvalue weighted by Gasteiger charge is -2.37. The van der Waals surface area contributed by atoms with Crippen LogP contribution in [0, 0.1) is 5.92 Å². The van der Waals surface area contributed by atoms with Crippen molar-refractivity contribution in [3.63, 3.8) is 0 Å². The second-order valence-corrected chi connectivity index (χ2v) is 6.05. The van der Waals surface area contributed by atoms with Crippen molar-refractivity contribution in [2.45, 2.75) is 51.6 Å². The van der Waals surface area contributed by atoms with Crippen LogP contribution in [-0.2, 0) is 4.74 Å². The molecule has 0 saturated heterocycles. The first-order valence-electron chi connectivity index (χ1n) is 7.94. The summed E-state index contributed by atoms with van der Waals surface area (Å²) >= 11 is 0. The van der Waals surface area contributed by atoms with Crippen molar-refractivity contribution < 1.29 is 14.3 Å². The van der Waals surface area contributed by atoms with E-state index in [0.717, 1.165) is 32.1 Å². The summed E-state index contributed by atoms with van der Waals surface area (Å²) in [5.74, 6) is 1.43. The molecule has 116 valence electrons. The van der Waals surface area contributed by atoms with Crippen molar-refractivity contribution in [2.24, 2.45) is 5.92 Å². The van der Waals surface area contributed by atoms with E-state index in [0.29, 0.717) is 23.8 Å². The Morgan fingerprint density at radius 1 is 1.29 bits per heavy atom. The number of carbonyl (C=O) groups is 1. The van der Waals surface area contributed by atoms with Gasteiger partial charge in [-0.05, 0) is 50.2 Å². The maximum atomic E-state index is 13.0. The predicted octanol–water partition coefficient (Wildman–Crippen LogP) is 4.25. The first-order chi connectivity index (χ1) is 10.1. The van der Waals surface area contributed by atoms with Crippen molar-refractivity contribution in [2.75, 3.05) is 13.7 Å². The third-order valence-corrected chi connectivity index (χ3v) is 4.48. The lowest BCUT2D eigenvalue weighted by atomic mass is 9.75. The van der Waals surface area contributed by atoms with E-state index < -0.39 is 5.60 Å². The Bertz CT molecular complexity index is 473. The van der Waals surface area contributed by atoms with Crippen molar-refractivity contribution in [3.05, 3.63) is 29.8 Å². The van der Waals surface area contributed by atoms with E-state index >= 15 is 0 Å². The number of para-hydroxylation sites is 1. The molecule has 1 aliphatic rings. The number of ether oxygens (including phenoxy) is 2. The van der Waals surface area contributed by atoms with Gasteiger partial charge in [0.15, 0.2) is 5.78 Å². The second kappa shape index (κ2) is 7.08. The highest BCUT2D eigenvalue weighted by molar-refractivity contribution is 6.04. The predicted molar refractivity (Wildman–Crippen MR) is 83.9 cm³/mol. The van der Waals surface area contributed by atoms with Gasteiger partial charge < -0.3 is 9.47 Å². The molecular formula is C18H26O3. The molecule has 0 unspecified atom stereocenters. The minimum Gasteiger partial charge on any atom is -0.493 e. The van der Waals surface area contributed by atoms with E-state index in [1.54, 1.807) is 7.11 Å². The second-order valence-electron chi connectivity index (χ2n) is 6.05. The average molecular weight is 290 g/mol. The SMILES string of the molecule is CCCOc1ccccc1C(=O)C1(OC)CCC(C)CC1. The number of hydrogen-bond acceptors (Lipinski definition) is 3. The number of hydrogen-bond donors (Lipinski definition) is 0. The Morgan fingerprint density at radius 2 is 1.95 bits per heavy atom. The highest BCUT2D eigenvalue weighted by Crippen LogP contribution is 2.38. The van der Waals surface area contributed by atoms with Gasteiger partial charge in [0.2, 0.25) is 0 Å². The fourth-order valence-electron chi connectivity index (χ4n) is 2.99. The van der Waals surface area contributed by atoms with Crippen molar-refractivity contribution in [1.82, 2.24) is 0 Å². The fraction of sp³-hybridized carbons (Fsp3) is 0.611. The summed E-state index contributed by atoms with van der Waals surface area (Å²) in [5.41, 5.74) is -0.0135. The quantitative estimate of drug-likeness (QED) is 0.735. The molecule has 1 aromatic carbocycles. The van der Waals surface area contributed by atoms with Crippen LogP contribution >= 0.6 is 0 Å². The van der Waals surface area contributed by atoms with E-state index in [-0.39, 0.29) is 5.78 Å². The smallest absolute Gasteiger partial charge is 0.198 e. The number of methoxy groups -OCH3 is 1. The van der Waals surface area contributed by atoms with Crippen LogP contribution in [0.4, 0.5) is 0 Å². The standard InChI is InChI=1S/C18H26O3/c1-4-13-21-16-8-6-5-7-15(16)17(19)18(20-3)11-9-14(2)10-12-18/h5-8,14H,4,9-13H2,1-3H3. The topological polar surface area (TPSA) is 35.5 Å². The Hall–Kier alpha value is -1.35. The van der Waals surface area contributed by atoms with Gasteiger partial charge in [-0.2, -0.15) is 0 Å². The number of rotatable bonds is 6. The molecule has 1 aliphatic carbocycles. The number of benzene rings is 1. The monoisotopic (exact) mass is 290 g/mol. The van der Waals surface area contributed by atoms with Crippen LogP contribution in [0.5, 0.6) is 5.75 Å². The molecule has 3 nitrogen and oxygen atoms in total. The summed E-state index contributed by atoms with van der Waals surface area (Å²) in [6.45, 7) is 4.92. The average Bonchev–Trinajstić information content (AvgIpc) is 2.53. The number of carbonyl (C=O) groups excluding carboxylic acids is 1. The van der Waals surface area contributed by atoms with Gasteiger partial charge in [-0.1, -0.05) is 26.0 Å². The molecule has 0 spiro atoms. The number of Topliss-reactive ketones (excluding diaryl/α,β-unsaturated/α-hetero) is 1. The fourth-order valence-corrected chi connectivity index (χ4v) is 2.99. The van der Waals surface area contributed by atoms with E-state index in [4.69, 9.17) is 9.47 Å². The largest absolute Gasteiger partial charge is 0.493 e. The van der Waals surface area contributed by atoms with E-state index in [1.807, 2.05) is 24.3 Å². The van der Waals surface area contributed by atoms with E-state index in [1.165, 1.54) is 0 Å². The minimum absolute atomic E-state index is 0.0728. The zero-order chi connectivity index (χ0) is 15.3. The van der Waals surface area contributed by atoms with Crippen molar-refractivity contribution in [3.8, 4) is 5.75 Å². The third kappa shape index (κ3) is 3.46. The maximum Gasteiger partial charge on any atom is 0.198 e. The van der Waals surface area contributed by atoms with Gasteiger partial charge in [0, 0.05) is 7.11 Å². The lowest BCUT2D eigenvalue weighted by Crippen LogP contribution is -2.44. The summed E-state index contributed by atoms with van der Waals surface area (Å²) in [7, 11) is 1.66. The Morgan fingerprint density at radius 3 is 2.57 bits per heavy atom. The highest BCUT2D eigenvalue weighted by Gasteiger charge is 2.42. The molecule has 3 heteroatoms. The zero-order valence-electron chi connectivity index (χ0n) is 13.4. The van der Waals surface area contributed by atoms with Crippen LogP contribution in [-0.4, -0.2) is 25.1 Å². The maximum absolute atomic E-state index is 13.0. The molecule has 1 fully saturated rings. The van der Waals surface area contributed by atoms with Crippen molar-refractivity contribution in [1.29, 1.82) is 0 Å². The molecule has 0 bridgehead atoms. The summed E-state index contributed by atoms with van der Waals surface area (Å²) in [6, 6.07) is 7.52. The van der Waals surface area contributed by atoms with Gasteiger partial charge in [0.05, 0.1) is 12.2 Å². The van der Waals surface area contributed by atoms with Crippen LogP contribution in [0.3, 0.4) is 0 Å². The summed E-state index contributed by atoms with van der Waals surface area (Å²) in [6.07, 6.45) is 4.60. The van der Waals surface area contributed by atoms with E-state index in [9.17, 15) is 4.79 Å². The molecule has 21 heavy (non-hydrogen) atoms. The van der Waals surface area contributed by atoms with Gasteiger partial charge in [-0.15, -0.1) is 0 Å². The molecule has 2 rings (SSSR count). The number of ketones is 1. The van der Waals surface area contributed by atoms with Crippen LogP contribution in [0.25, 0.3) is 0 Å². The molecule has 0 atom stereocenters. The third-order valence-electron chi connectivity index (χ3n) is 4.48. The van der Waals surface area contributed by atoms with Crippen molar-refractivity contribution >= 4 is 5.78 Å². The molecule has 0 N–H and O–H groups in total. The van der Waals surface area contributed by atoms with Gasteiger partial charge >= 0.3 is 0 Å². The molecule has 0 radical (unpaired) electrons. The molecule has 1 aromatic rings. The molecule has 0 aromatic heterocycles. The lowest BCUT2D eigenvalue weighted by molar-refractivity contribution is -0.0265. The highest BCUT2D eigenvalue weighted by atomic mass is 16.5. The Balaban J connectivity index is 2.25. The minimum atomic E-state index is -0.668. The molecule has 0 aliphatic heterocycles. The van der Waals surface area contributed by atoms with Gasteiger partial charge in [0.1, 0.15) is 11.4 Å².